The Balaban J connectivity index is 2.27. The molecule has 104 valence electrons. The van der Waals surface area contributed by atoms with Gasteiger partial charge in [-0.1, -0.05) is 40.2 Å². The summed E-state index contributed by atoms with van der Waals surface area (Å²) in [5.41, 5.74) is 14.5. The lowest BCUT2D eigenvalue weighted by Gasteiger charge is -2.27. The van der Waals surface area contributed by atoms with Crippen molar-refractivity contribution in [2.45, 2.75) is 5.92 Å². The first-order valence-electron chi connectivity index (χ1n) is 6.33. The van der Waals surface area contributed by atoms with Gasteiger partial charge in [0.25, 0.3) is 0 Å². The lowest BCUT2D eigenvalue weighted by Crippen LogP contribution is -2.21. The second-order valence-electron chi connectivity index (χ2n) is 4.74. The van der Waals surface area contributed by atoms with Crippen molar-refractivity contribution < 1.29 is 4.74 Å². The summed E-state index contributed by atoms with van der Waals surface area (Å²) in [6.07, 6.45) is 0. The third kappa shape index (κ3) is 2.24. The largest absolute Gasteiger partial charge is 0.440 e. The van der Waals surface area contributed by atoms with Gasteiger partial charge in [0.2, 0.25) is 5.88 Å². The Morgan fingerprint density at radius 1 is 1.10 bits per heavy atom. The Hall–Kier alpha value is -2.45. The number of benzene rings is 2. The van der Waals surface area contributed by atoms with Crippen LogP contribution in [0.3, 0.4) is 0 Å². The molecule has 0 bridgehead atoms. The summed E-state index contributed by atoms with van der Waals surface area (Å²) in [7, 11) is 0. The van der Waals surface area contributed by atoms with Crippen molar-refractivity contribution in [3.05, 3.63) is 69.5 Å². The molecule has 1 heterocycles. The second kappa shape index (κ2) is 5.15. The normalized spacial score (nSPS) is 16.9. The fraction of sp³-hybridized carbons (Fsp3) is 0.0625. The monoisotopic (exact) mass is 341 g/mol. The Morgan fingerprint density at radius 2 is 1.86 bits per heavy atom. The summed E-state index contributed by atoms with van der Waals surface area (Å²) in [5, 5.41) is 9.46. The van der Waals surface area contributed by atoms with Crippen molar-refractivity contribution in [3.8, 4) is 11.8 Å². The summed E-state index contributed by atoms with van der Waals surface area (Å²) in [4.78, 5) is 0. The van der Waals surface area contributed by atoms with Crippen LogP contribution in [0.25, 0.3) is 0 Å². The quantitative estimate of drug-likeness (QED) is 0.779. The van der Waals surface area contributed by atoms with E-state index >= 15 is 0 Å². The minimum Gasteiger partial charge on any atom is -0.440 e. The molecular weight excluding hydrogens is 330 g/mol. The van der Waals surface area contributed by atoms with Gasteiger partial charge in [0.15, 0.2) is 0 Å². The van der Waals surface area contributed by atoms with E-state index < -0.39 is 0 Å². The van der Waals surface area contributed by atoms with Crippen LogP contribution in [0.1, 0.15) is 17.0 Å². The van der Waals surface area contributed by atoms with Gasteiger partial charge in [0.1, 0.15) is 17.4 Å². The highest BCUT2D eigenvalue weighted by molar-refractivity contribution is 9.10. The van der Waals surface area contributed by atoms with E-state index in [1.54, 1.807) is 12.1 Å². The number of hydrogen-bond donors (Lipinski definition) is 2. The van der Waals surface area contributed by atoms with E-state index in [0.29, 0.717) is 17.0 Å². The van der Waals surface area contributed by atoms with Gasteiger partial charge in [-0.05, 0) is 17.7 Å². The van der Waals surface area contributed by atoms with Gasteiger partial charge >= 0.3 is 0 Å². The predicted molar refractivity (Wildman–Crippen MR) is 84.3 cm³/mol. The molecule has 0 amide bonds. The summed E-state index contributed by atoms with van der Waals surface area (Å²) < 4.78 is 6.46. The number of anilines is 1. The zero-order valence-electron chi connectivity index (χ0n) is 11.0. The van der Waals surface area contributed by atoms with Crippen LogP contribution >= 0.6 is 15.9 Å². The fourth-order valence-corrected chi connectivity index (χ4v) is 3.01. The molecule has 4 N–H and O–H groups in total. The lowest BCUT2D eigenvalue weighted by molar-refractivity contribution is 0.394. The lowest BCUT2D eigenvalue weighted by atomic mass is 9.83. The summed E-state index contributed by atoms with van der Waals surface area (Å²) >= 11 is 3.54. The van der Waals surface area contributed by atoms with Crippen LogP contribution in [0.15, 0.2) is 58.4 Å². The fourth-order valence-electron chi connectivity index (χ4n) is 2.50. The van der Waals surface area contributed by atoms with Crippen molar-refractivity contribution in [1.82, 2.24) is 0 Å². The van der Waals surface area contributed by atoms with E-state index in [4.69, 9.17) is 16.2 Å². The molecule has 1 aliphatic rings. The topological polar surface area (TPSA) is 85.1 Å². The van der Waals surface area contributed by atoms with Gasteiger partial charge in [-0.15, -0.1) is 0 Å². The summed E-state index contributed by atoms with van der Waals surface area (Å²) in [6.45, 7) is 0. The molecule has 0 radical (unpaired) electrons. The first kappa shape index (κ1) is 13.5. The number of nitriles is 1. The maximum atomic E-state index is 9.46. The summed E-state index contributed by atoms with van der Waals surface area (Å²) in [6, 6.07) is 15.3. The molecule has 3 rings (SSSR count). The number of ether oxygens (including phenoxy) is 1. The number of nitrogens with two attached hydrogens (primary N) is 2. The number of rotatable bonds is 1. The van der Waals surface area contributed by atoms with Gasteiger partial charge in [-0.2, -0.15) is 5.26 Å². The Bertz CT molecular complexity index is 792. The third-order valence-corrected chi connectivity index (χ3v) is 4.18. The van der Waals surface area contributed by atoms with Crippen LogP contribution < -0.4 is 16.2 Å². The summed E-state index contributed by atoms with van der Waals surface area (Å²) in [5.74, 6) is 0.443. The van der Waals surface area contributed by atoms with Gasteiger partial charge in [0.05, 0.1) is 5.92 Å². The van der Waals surface area contributed by atoms with Crippen LogP contribution in [-0.4, -0.2) is 0 Å². The number of fused-ring (bicyclic) bond motifs is 1. The maximum absolute atomic E-state index is 9.46. The van der Waals surface area contributed by atoms with E-state index in [1.807, 2.05) is 30.3 Å². The SMILES string of the molecule is N#CC1=C(N)Oc2cc(N)ccc2C1c1ccccc1Br. The van der Waals surface area contributed by atoms with Crippen molar-refractivity contribution >= 4 is 21.6 Å². The number of nitrogens with zero attached hydrogens (tertiary/aromatic N) is 1. The molecule has 21 heavy (non-hydrogen) atoms. The van der Waals surface area contributed by atoms with Gasteiger partial charge in [-0.3, -0.25) is 0 Å². The second-order valence-corrected chi connectivity index (χ2v) is 5.60. The van der Waals surface area contributed by atoms with Crippen molar-refractivity contribution in [1.29, 1.82) is 5.26 Å². The van der Waals surface area contributed by atoms with Crippen molar-refractivity contribution in [2.24, 2.45) is 5.73 Å². The molecule has 0 aliphatic carbocycles. The zero-order valence-corrected chi connectivity index (χ0v) is 12.6. The molecule has 0 aromatic heterocycles. The molecule has 1 unspecified atom stereocenters. The highest BCUT2D eigenvalue weighted by Crippen LogP contribution is 2.44. The molecule has 1 aliphatic heterocycles. The molecule has 4 nitrogen and oxygen atoms in total. The van der Waals surface area contributed by atoms with Crippen LogP contribution in [-0.2, 0) is 0 Å². The van der Waals surface area contributed by atoms with E-state index in [9.17, 15) is 5.26 Å². The number of nitrogen functional groups attached to an aromatic ring is 1. The third-order valence-electron chi connectivity index (χ3n) is 3.46. The number of allylic oxidation sites excluding steroid dienone is 1. The predicted octanol–water partition coefficient (Wildman–Crippen LogP) is 3.25. The van der Waals surface area contributed by atoms with Gasteiger partial charge in [0, 0.05) is 21.8 Å². The highest BCUT2D eigenvalue weighted by atomic mass is 79.9. The average molecular weight is 342 g/mol. The standard InChI is InChI=1S/C16H12BrN3O/c17-13-4-2-1-3-10(13)15-11-6-5-9(19)7-14(11)21-16(20)12(15)8-18/h1-7,15H,19-20H2. The first-order chi connectivity index (χ1) is 10.1. The molecule has 0 fully saturated rings. The Morgan fingerprint density at radius 3 is 2.57 bits per heavy atom. The molecule has 2 aromatic carbocycles. The van der Waals surface area contributed by atoms with Crippen LogP contribution in [0, 0.1) is 11.3 Å². The van der Waals surface area contributed by atoms with E-state index in [2.05, 4.69) is 22.0 Å². The molecule has 0 saturated heterocycles. The van der Waals surface area contributed by atoms with Crippen LogP contribution in [0.5, 0.6) is 5.75 Å². The van der Waals surface area contributed by atoms with Gasteiger partial charge in [-0.25, -0.2) is 0 Å². The number of halogens is 1. The highest BCUT2D eigenvalue weighted by Gasteiger charge is 2.31. The minimum absolute atomic E-state index is 0.122. The number of hydrogen-bond acceptors (Lipinski definition) is 4. The molecule has 0 spiro atoms. The van der Waals surface area contributed by atoms with Crippen LogP contribution in [0.4, 0.5) is 5.69 Å². The van der Waals surface area contributed by atoms with Crippen LogP contribution in [0.2, 0.25) is 0 Å². The molecule has 5 heteroatoms. The Kier molecular flexibility index (Phi) is 3.32. The molecule has 0 saturated carbocycles. The molecule has 1 atom stereocenters. The zero-order chi connectivity index (χ0) is 15.0. The van der Waals surface area contributed by atoms with Gasteiger partial charge < -0.3 is 16.2 Å². The Labute approximate surface area is 130 Å². The van der Waals surface area contributed by atoms with E-state index in [1.165, 1.54) is 0 Å². The average Bonchev–Trinajstić information content (AvgIpc) is 2.46. The molecule has 2 aromatic rings. The smallest absolute Gasteiger partial charge is 0.205 e. The molecular formula is C16H12BrN3O. The maximum Gasteiger partial charge on any atom is 0.205 e. The van der Waals surface area contributed by atoms with E-state index in [0.717, 1.165) is 15.6 Å². The van der Waals surface area contributed by atoms with E-state index in [-0.39, 0.29) is 11.8 Å². The van der Waals surface area contributed by atoms with Crippen molar-refractivity contribution in [2.75, 3.05) is 5.73 Å². The first-order valence-corrected chi connectivity index (χ1v) is 7.12. The van der Waals surface area contributed by atoms with Crippen molar-refractivity contribution in [3.63, 3.8) is 0 Å². The minimum atomic E-state index is -0.269.